The zero-order valence-corrected chi connectivity index (χ0v) is 36.9. The quantitative estimate of drug-likeness (QED) is 0.136. The summed E-state index contributed by atoms with van der Waals surface area (Å²) in [6.07, 6.45) is 10.2. The molecule has 0 saturated carbocycles. The molecule has 0 spiro atoms. The first-order valence-corrected chi connectivity index (χ1v) is 21.9. The molecule has 2 fully saturated rings. The van der Waals surface area contributed by atoms with Crippen molar-refractivity contribution >= 4 is 35.0 Å². The first-order valence-electron chi connectivity index (χ1n) is 21.9. The highest BCUT2D eigenvalue weighted by Gasteiger charge is 2.27. The molecule has 2 N–H and O–H groups in total. The number of hydrogen-bond donors (Lipinski definition) is 2. The minimum absolute atomic E-state index is 0.0176. The first kappa shape index (κ1) is 45.9. The van der Waals surface area contributed by atoms with Gasteiger partial charge in [0.25, 0.3) is 17.7 Å². The Morgan fingerprint density at radius 3 is 1.67 bits per heavy atom. The third-order valence-electron chi connectivity index (χ3n) is 12.1. The number of likely N-dealkylation sites (tertiary alicyclic amines) is 2. The lowest BCUT2D eigenvalue weighted by molar-refractivity contribution is -0.115. The van der Waals surface area contributed by atoms with Gasteiger partial charge in [-0.3, -0.25) is 29.1 Å². The molecule has 13 nitrogen and oxygen atoms in total. The van der Waals surface area contributed by atoms with Crippen molar-refractivity contribution in [1.82, 2.24) is 19.8 Å². The summed E-state index contributed by atoms with van der Waals surface area (Å²) in [6, 6.07) is 37.1. The molecule has 4 heterocycles. The summed E-state index contributed by atoms with van der Waals surface area (Å²) in [5.41, 5.74) is 8.12. The summed E-state index contributed by atoms with van der Waals surface area (Å²) in [7, 11) is 1.52. The highest BCUT2D eigenvalue weighted by molar-refractivity contribution is 6.06. The molecule has 2 saturated heterocycles. The van der Waals surface area contributed by atoms with Crippen LogP contribution in [0.15, 0.2) is 134 Å². The Bertz CT molecular complexity index is 2730. The van der Waals surface area contributed by atoms with Crippen molar-refractivity contribution in [2.24, 2.45) is 0 Å². The van der Waals surface area contributed by atoms with Gasteiger partial charge in [-0.1, -0.05) is 36.4 Å². The second-order valence-electron chi connectivity index (χ2n) is 16.3. The lowest BCUT2D eigenvalue weighted by Crippen LogP contribution is -2.38. The summed E-state index contributed by atoms with van der Waals surface area (Å²) in [4.78, 5) is 63.0. The third-order valence-corrected chi connectivity index (χ3v) is 12.1. The van der Waals surface area contributed by atoms with Gasteiger partial charge in [0.2, 0.25) is 5.91 Å². The fraction of sp³-hybridized carbons (Fsp3) is 0.245. The average molecular weight is 879 g/mol. The number of carbonyl (C=O) groups excluding carboxylic acids is 4. The maximum atomic E-state index is 13.2. The SMILES string of the molecule is COc1ccc(C(=O)N2CCC(c3ccc(C#N)cc3)CC2)cc1NC(=O)c1ccncc1.Cc1ccc(C(=O)N2CCC(c3ccc(C#N)cc3)CC2)cc1NC(=O)Cc1cccnc1. The second-order valence-corrected chi connectivity index (χ2v) is 16.3. The second kappa shape index (κ2) is 22.0. The fourth-order valence-electron chi connectivity index (χ4n) is 8.27. The molecule has 2 aromatic heterocycles. The number of benzene rings is 4. The van der Waals surface area contributed by atoms with Crippen molar-refractivity contribution in [1.29, 1.82) is 10.5 Å². The Morgan fingerprint density at radius 1 is 0.636 bits per heavy atom. The zero-order valence-electron chi connectivity index (χ0n) is 36.9. The van der Waals surface area contributed by atoms with E-state index in [9.17, 15) is 19.2 Å². The molecule has 2 aliphatic rings. The number of rotatable bonds is 10. The first-order chi connectivity index (χ1) is 32.1. The van der Waals surface area contributed by atoms with Crippen LogP contribution in [0.1, 0.15) is 102 Å². The van der Waals surface area contributed by atoms with E-state index in [0.717, 1.165) is 36.8 Å². The van der Waals surface area contributed by atoms with Crippen molar-refractivity contribution in [2.75, 3.05) is 43.9 Å². The molecule has 0 atom stereocenters. The van der Waals surface area contributed by atoms with Crippen LogP contribution in [-0.4, -0.2) is 76.7 Å². The summed E-state index contributed by atoms with van der Waals surface area (Å²) in [5, 5.41) is 23.7. The highest BCUT2D eigenvalue weighted by atomic mass is 16.5. The molecule has 0 radical (unpaired) electrons. The van der Waals surface area contributed by atoms with E-state index in [-0.39, 0.29) is 30.0 Å². The summed E-state index contributed by atoms with van der Waals surface area (Å²) >= 11 is 0. The largest absolute Gasteiger partial charge is 0.495 e. The van der Waals surface area contributed by atoms with Gasteiger partial charge >= 0.3 is 0 Å². The van der Waals surface area contributed by atoms with Gasteiger partial charge in [-0.2, -0.15) is 10.5 Å². The standard InChI is InChI=1S/C27H26N4O2.C26H24N4O3/c1-19-4-7-24(16-25(19)30-26(32)15-21-3-2-12-29-18-21)27(33)31-13-10-23(11-14-31)22-8-5-20(17-28)6-9-22;1-33-24-7-6-22(16-23(24)29-25(31)21-8-12-28-13-9-21)26(32)30-14-10-20(11-15-30)19-4-2-18(17-27)3-5-19/h2-9,12,16,18,23H,10-11,13-15H2,1H3,(H,30,32);2-9,12-13,16,20H,10-11,14-15H2,1H3,(H,29,31). The van der Waals surface area contributed by atoms with Gasteiger partial charge in [-0.05, 0) is 139 Å². The van der Waals surface area contributed by atoms with Crippen LogP contribution in [0.5, 0.6) is 5.75 Å². The number of carbonyl (C=O) groups is 4. The number of hydrogen-bond acceptors (Lipinski definition) is 9. The Morgan fingerprint density at radius 2 is 1.17 bits per heavy atom. The molecule has 8 rings (SSSR count). The number of methoxy groups -OCH3 is 1. The van der Waals surface area contributed by atoms with Gasteiger partial charge in [-0.15, -0.1) is 0 Å². The monoisotopic (exact) mass is 878 g/mol. The van der Waals surface area contributed by atoms with E-state index in [1.165, 1.54) is 18.2 Å². The molecule has 332 valence electrons. The normalized spacial score (nSPS) is 13.8. The van der Waals surface area contributed by atoms with Gasteiger partial charge in [-0.25, -0.2) is 0 Å². The molecule has 2 aliphatic heterocycles. The van der Waals surface area contributed by atoms with Crippen LogP contribution < -0.4 is 15.4 Å². The van der Waals surface area contributed by atoms with Crippen LogP contribution in [0.2, 0.25) is 0 Å². The van der Waals surface area contributed by atoms with Crippen LogP contribution in [0, 0.1) is 29.6 Å². The van der Waals surface area contributed by atoms with E-state index in [2.05, 4.69) is 32.7 Å². The van der Waals surface area contributed by atoms with Crippen LogP contribution in [0.4, 0.5) is 11.4 Å². The van der Waals surface area contributed by atoms with Crippen molar-refractivity contribution in [3.8, 4) is 17.9 Å². The summed E-state index contributed by atoms with van der Waals surface area (Å²) in [6.45, 7) is 4.57. The number of aromatic nitrogens is 2. The van der Waals surface area contributed by atoms with Crippen molar-refractivity contribution in [2.45, 2.75) is 50.9 Å². The van der Waals surface area contributed by atoms with Crippen molar-refractivity contribution in [3.05, 3.63) is 184 Å². The van der Waals surface area contributed by atoms with Gasteiger partial charge in [0.1, 0.15) is 5.75 Å². The zero-order chi connectivity index (χ0) is 46.4. The van der Waals surface area contributed by atoms with E-state index >= 15 is 0 Å². The molecular weight excluding hydrogens is 829 g/mol. The third kappa shape index (κ3) is 11.7. The topological polar surface area (TPSA) is 181 Å². The highest BCUT2D eigenvalue weighted by Crippen LogP contribution is 2.32. The minimum Gasteiger partial charge on any atom is -0.495 e. The Hall–Kier alpha value is -8.16. The minimum atomic E-state index is -0.302. The average Bonchev–Trinajstić information content (AvgIpc) is 3.37. The smallest absolute Gasteiger partial charge is 0.255 e. The number of amides is 4. The number of pyridine rings is 2. The number of anilines is 2. The molecule has 0 unspecified atom stereocenters. The molecule has 6 aromatic rings. The predicted octanol–water partition coefficient (Wildman–Crippen LogP) is 8.70. The van der Waals surface area contributed by atoms with Crippen molar-refractivity contribution < 1.29 is 23.9 Å². The molecule has 66 heavy (non-hydrogen) atoms. The molecule has 0 aliphatic carbocycles. The maximum absolute atomic E-state index is 13.2. The van der Waals surface area contributed by atoms with Crippen LogP contribution in [0.25, 0.3) is 0 Å². The Balaban J connectivity index is 0.000000196. The lowest BCUT2D eigenvalue weighted by Gasteiger charge is -2.32. The fourth-order valence-corrected chi connectivity index (χ4v) is 8.27. The van der Waals surface area contributed by atoms with Gasteiger partial charge in [0.15, 0.2) is 0 Å². The maximum Gasteiger partial charge on any atom is 0.255 e. The van der Waals surface area contributed by atoms with E-state index in [4.69, 9.17) is 15.3 Å². The van der Waals surface area contributed by atoms with Crippen molar-refractivity contribution in [3.63, 3.8) is 0 Å². The van der Waals surface area contributed by atoms with Gasteiger partial charge in [0.05, 0.1) is 42.5 Å². The predicted molar refractivity (Wildman–Crippen MR) is 251 cm³/mol. The van der Waals surface area contributed by atoms with Crippen LogP contribution in [0.3, 0.4) is 0 Å². The number of nitriles is 2. The van der Waals surface area contributed by atoms with E-state index < -0.39 is 0 Å². The number of aryl methyl sites for hydroxylation is 1. The number of nitrogens with zero attached hydrogens (tertiary/aromatic N) is 6. The molecule has 0 bridgehead atoms. The number of nitrogens with one attached hydrogen (secondary N) is 2. The molecular formula is C53H50N8O5. The number of ether oxygens (including phenoxy) is 1. The summed E-state index contributed by atoms with van der Waals surface area (Å²) in [5.74, 6) is 0.706. The Labute approximate surface area is 384 Å². The van der Waals surface area contributed by atoms with E-state index in [1.54, 1.807) is 67.3 Å². The summed E-state index contributed by atoms with van der Waals surface area (Å²) < 4.78 is 5.37. The molecule has 4 aromatic carbocycles. The van der Waals surface area contributed by atoms with Crippen LogP contribution >= 0.6 is 0 Å². The Kier molecular flexibility index (Phi) is 15.3. The van der Waals surface area contributed by atoms with Crippen LogP contribution in [-0.2, 0) is 11.2 Å². The number of piperidine rings is 2. The molecule has 4 amide bonds. The lowest BCUT2D eigenvalue weighted by atomic mass is 9.89. The van der Waals surface area contributed by atoms with Gasteiger partial charge in [0, 0.05) is 73.3 Å². The van der Waals surface area contributed by atoms with Gasteiger partial charge < -0.3 is 25.2 Å². The molecule has 13 heteroatoms. The van der Waals surface area contributed by atoms with E-state index in [1.807, 2.05) is 83.5 Å². The van der Waals surface area contributed by atoms with E-state index in [0.29, 0.717) is 83.0 Å².